The molecule has 6 nitrogen and oxygen atoms in total. The SMILES string of the molecule is Cc1sc(-c2cc(F)c3c(n2)CCCO3)c(-c2cc(F)c3c(c2)CCCO3)c1C(OC(C)(C)C)C(=O)O. The Balaban J connectivity index is 1.78. The fourth-order valence-corrected chi connectivity index (χ4v) is 6.07. The van der Waals surface area contributed by atoms with Gasteiger partial charge in [-0.25, -0.2) is 18.6 Å². The number of ether oxygens (including phenoxy) is 3. The maximum Gasteiger partial charge on any atom is 0.337 e. The smallest absolute Gasteiger partial charge is 0.337 e. The van der Waals surface area contributed by atoms with Crippen LogP contribution in [0.2, 0.25) is 0 Å². The molecule has 0 amide bonds. The van der Waals surface area contributed by atoms with Crippen LogP contribution >= 0.6 is 11.3 Å². The van der Waals surface area contributed by atoms with Crippen LogP contribution in [0.25, 0.3) is 21.7 Å². The van der Waals surface area contributed by atoms with Gasteiger partial charge in [-0.3, -0.25) is 0 Å². The van der Waals surface area contributed by atoms with Gasteiger partial charge in [0.2, 0.25) is 0 Å². The molecule has 0 bridgehead atoms. The predicted octanol–water partition coefficient (Wildman–Crippen LogP) is 6.65. The second kappa shape index (κ2) is 9.68. The number of hydrogen-bond donors (Lipinski definition) is 1. The molecular formula is C28H29F2NO5S. The number of carboxylic acid groups (broad SMARTS) is 1. The van der Waals surface area contributed by atoms with E-state index in [0.29, 0.717) is 69.5 Å². The third kappa shape index (κ3) is 4.94. The summed E-state index contributed by atoms with van der Waals surface area (Å²) < 4.78 is 47.4. The Kier molecular flexibility index (Phi) is 6.70. The van der Waals surface area contributed by atoms with Gasteiger partial charge in [0, 0.05) is 22.1 Å². The number of aromatic nitrogens is 1. The molecule has 0 saturated carbocycles. The van der Waals surface area contributed by atoms with Gasteiger partial charge in [-0.05, 0) is 76.6 Å². The molecule has 1 aromatic carbocycles. The molecule has 0 fully saturated rings. The Morgan fingerprint density at radius 3 is 2.46 bits per heavy atom. The van der Waals surface area contributed by atoms with Crippen molar-refractivity contribution in [3.8, 4) is 33.2 Å². The number of rotatable bonds is 5. The molecule has 0 saturated heterocycles. The van der Waals surface area contributed by atoms with Crippen molar-refractivity contribution in [1.82, 2.24) is 4.98 Å². The predicted molar refractivity (Wildman–Crippen MR) is 136 cm³/mol. The standard InChI is InChI=1S/C28H29F2NO5S/c1-14-21(25(27(32)33)36-28(2,3)4)22(16-11-15-7-5-9-34-23(15)17(29)12-16)26(37-14)20-13-18(30)24-19(31-20)8-6-10-35-24/h11-13,25H,5-10H2,1-4H3,(H,32,33). The first-order valence-electron chi connectivity index (χ1n) is 12.4. The molecule has 4 heterocycles. The van der Waals surface area contributed by atoms with Crippen molar-refractivity contribution in [3.63, 3.8) is 0 Å². The summed E-state index contributed by atoms with van der Waals surface area (Å²) in [5.41, 5.74) is 2.19. The second-order valence-electron chi connectivity index (χ2n) is 10.3. The number of aryl methyl sites for hydroxylation is 3. The number of fused-ring (bicyclic) bond motifs is 2. The van der Waals surface area contributed by atoms with Gasteiger partial charge >= 0.3 is 5.97 Å². The summed E-state index contributed by atoms with van der Waals surface area (Å²) in [6.45, 7) is 8.01. The molecule has 3 aromatic rings. The van der Waals surface area contributed by atoms with Crippen molar-refractivity contribution < 1.29 is 32.9 Å². The molecule has 0 spiro atoms. The number of nitrogens with zero attached hydrogens (tertiary/aromatic N) is 1. The fourth-order valence-electron chi connectivity index (χ4n) is 4.91. The average molecular weight is 530 g/mol. The largest absolute Gasteiger partial charge is 0.490 e. The van der Waals surface area contributed by atoms with E-state index < -0.39 is 29.3 Å². The Labute approximate surface area is 218 Å². The van der Waals surface area contributed by atoms with Crippen LogP contribution in [-0.2, 0) is 22.4 Å². The quantitative estimate of drug-likeness (QED) is 0.399. The monoisotopic (exact) mass is 529 g/mol. The van der Waals surface area contributed by atoms with Gasteiger partial charge in [0.05, 0.1) is 35.1 Å². The highest BCUT2D eigenvalue weighted by Crippen LogP contribution is 2.48. The van der Waals surface area contributed by atoms with Gasteiger partial charge in [0.25, 0.3) is 0 Å². The summed E-state index contributed by atoms with van der Waals surface area (Å²) >= 11 is 1.30. The molecule has 196 valence electrons. The lowest BCUT2D eigenvalue weighted by Crippen LogP contribution is -2.27. The third-order valence-electron chi connectivity index (χ3n) is 6.37. The summed E-state index contributed by atoms with van der Waals surface area (Å²) in [5, 5.41) is 10.2. The number of halogens is 2. The molecule has 9 heteroatoms. The van der Waals surface area contributed by atoms with Crippen molar-refractivity contribution in [2.75, 3.05) is 13.2 Å². The molecule has 1 unspecified atom stereocenters. The molecule has 2 aliphatic rings. The number of carbonyl (C=O) groups is 1. The first-order valence-corrected chi connectivity index (χ1v) is 13.2. The van der Waals surface area contributed by atoms with Crippen molar-refractivity contribution in [2.45, 2.75) is 65.1 Å². The Morgan fingerprint density at radius 1 is 1.08 bits per heavy atom. The number of pyridine rings is 1. The summed E-state index contributed by atoms with van der Waals surface area (Å²) in [6, 6.07) is 4.49. The maximum atomic E-state index is 15.2. The van der Waals surface area contributed by atoms with Crippen LogP contribution in [0.5, 0.6) is 11.5 Å². The minimum atomic E-state index is -1.32. The molecule has 37 heavy (non-hydrogen) atoms. The number of hydrogen-bond acceptors (Lipinski definition) is 6. The van der Waals surface area contributed by atoms with E-state index in [2.05, 4.69) is 0 Å². The third-order valence-corrected chi connectivity index (χ3v) is 7.51. The van der Waals surface area contributed by atoms with Gasteiger partial charge in [-0.2, -0.15) is 0 Å². The van der Waals surface area contributed by atoms with Gasteiger partial charge in [-0.15, -0.1) is 11.3 Å². The number of aliphatic carboxylic acids is 1. The van der Waals surface area contributed by atoms with E-state index in [-0.39, 0.29) is 11.5 Å². The van der Waals surface area contributed by atoms with Crippen molar-refractivity contribution in [2.24, 2.45) is 0 Å². The van der Waals surface area contributed by atoms with E-state index in [1.165, 1.54) is 23.5 Å². The van der Waals surface area contributed by atoms with Crippen LogP contribution < -0.4 is 9.47 Å². The van der Waals surface area contributed by atoms with E-state index >= 15 is 8.78 Å². The van der Waals surface area contributed by atoms with Gasteiger partial charge in [-0.1, -0.05) is 0 Å². The number of benzene rings is 1. The van der Waals surface area contributed by atoms with Gasteiger partial charge in [0.1, 0.15) is 0 Å². The first-order chi connectivity index (χ1) is 17.5. The van der Waals surface area contributed by atoms with Crippen LogP contribution in [0.4, 0.5) is 8.78 Å². The molecule has 2 aromatic heterocycles. The Morgan fingerprint density at radius 2 is 1.76 bits per heavy atom. The molecule has 1 N–H and O–H groups in total. The normalized spacial score (nSPS) is 15.8. The highest BCUT2D eigenvalue weighted by Gasteiger charge is 2.35. The zero-order valence-corrected chi connectivity index (χ0v) is 22.1. The lowest BCUT2D eigenvalue weighted by Gasteiger charge is -2.26. The molecule has 0 aliphatic carbocycles. The average Bonchev–Trinajstić information content (AvgIpc) is 3.18. The highest BCUT2D eigenvalue weighted by atomic mass is 32.1. The highest BCUT2D eigenvalue weighted by molar-refractivity contribution is 7.16. The van der Waals surface area contributed by atoms with E-state index in [4.69, 9.17) is 19.2 Å². The maximum absolute atomic E-state index is 15.2. The Bertz CT molecular complexity index is 1380. The molecule has 2 aliphatic heterocycles. The van der Waals surface area contributed by atoms with Crippen LogP contribution in [0, 0.1) is 18.6 Å². The van der Waals surface area contributed by atoms with Crippen LogP contribution in [0.3, 0.4) is 0 Å². The van der Waals surface area contributed by atoms with Crippen LogP contribution in [-0.4, -0.2) is 34.9 Å². The summed E-state index contributed by atoms with van der Waals surface area (Å²) in [4.78, 5) is 18.4. The molecular weight excluding hydrogens is 500 g/mol. The first kappa shape index (κ1) is 25.6. The van der Waals surface area contributed by atoms with Crippen molar-refractivity contribution in [3.05, 3.63) is 51.5 Å². The molecule has 1 atom stereocenters. The fraction of sp³-hybridized carbons (Fsp3) is 0.429. The van der Waals surface area contributed by atoms with Gasteiger partial charge < -0.3 is 19.3 Å². The minimum Gasteiger partial charge on any atom is -0.490 e. The molecule has 0 radical (unpaired) electrons. The van der Waals surface area contributed by atoms with Gasteiger partial charge in [0.15, 0.2) is 29.2 Å². The lowest BCUT2D eigenvalue weighted by molar-refractivity contribution is -0.160. The van der Waals surface area contributed by atoms with E-state index in [0.717, 1.165) is 12.8 Å². The summed E-state index contributed by atoms with van der Waals surface area (Å²) in [5.74, 6) is -1.83. The van der Waals surface area contributed by atoms with Crippen LogP contribution in [0.15, 0.2) is 18.2 Å². The summed E-state index contributed by atoms with van der Waals surface area (Å²) in [7, 11) is 0. The number of thiophene rings is 1. The lowest BCUT2D eigenvalue weighted by atomic mass is 9.92. The van der Waals surface area contributed by atoms with Crippen molar-refractivity contribution >= 4 is 17.3 Å². The van der Waals surface area contributed by atoms with E-state index in [1.54, 1.807) is 27.7 Å². The molecule has 5 rings (SSSR count). The zero-order valence-electron chi connectivity index (χ0n) is 21.2. The van der Waals surface area contributed by atoms with E-state index in [9.17, 15) is 9.90 Å². The zero-order chi connectivity index (χ0) is 26.5. The van der Waals surface area contributed by atoms with Crippen molar-refractivity contribution in [1.29, 1.82) is 0 Å². The number of carboxylic acids is 1. The minimum absolute atomic E-state index is 0.154. The Hall–Kier alpha value is -3.04. The van der Waals surface area contributed by atoms with E-state index in [1.807, 2.05) is 6.07 Å². The summed E-state index contributed by atoms with van der Waals surface area (Å²) in [6.07, 6.45) is 1.36. The topological polar surface area (TPSA) is 77.9 Å². The second-order valence-corrected chi connectivity index (χ2v) is 11.6. The van der Waals surface area contributed by atoms with Crippen LogP contribution in [0.1, 0.15) is 61.4 Å².